The van der Waals surface area contributed by atoms with Gasteiger partial charge in [-0.15, -0.1) is 0 Å². The van der Waals surface area contributed by atoms with Crippen molar-refractivity contribution in [1.29, 1.82) is 0 Å². The summed E-state index contributed by atoms with van der Waals surface area (Å²) in [5.41, 5.74) is 10.5. The number of carboxylic acids is 1. The van der Waals surface area contributed by atoms with Crippen LogP contribution in [0.1, 0.15) is 33.1 Å². The lowest BCUT2D eigenvalue weighted by Gasteiger charge is -2.27. The van der Waals surface area contributed by atoms with Crippen LogP contribution in [0.15, 0.2) is 0 Å². The van der Waals surface area contributed by atoms with Crippen LogP contribution in [0.25, 0.3) is 0 Å². The van der Waals surface area contributed by atoms with E-state index in [9.17, 15) is 24.0 Å². The van der Waals surface area contributed by atoms with Gasteiger partial charge in [0.15, 0.2) is 0 Å². The summed E-state index contributed by atoms with van der Waals surface area (Å²) < 4.78 is 0. The van der Waals surface area contributed by atoms with Crippen LogP contribution in [0.5, 0.6) is 0 Å². The number of primary amides is 1. The standard InChI is InChI=1S/C17H31N5O7S/c1-3-8(2)13(16(27)21-11(7-30)17(28)29)22-15(26)10(4-5-12(19)24)20-14(25)9(18)6-23/h8-11,13,23,30H,3-7,18H2,1-2H3,(H2,19,24)(H,20,25)(H,21,27)(H,22,26)(H,28,29). The van der Waals surface area contributed by atoms with E-state index in [1.807, 2.05) is 0 Å². The topological polar surface area (TPSA) is 214 Å². The van der Waals surface area contributed by atoms with E-state index in [0.717, 1.165) is 0 Å². The summed E-state index contributed by atoms with van der Waals surface area (Å²) in [6.45, 7) is 2.80. The van der Waals surface area contributed by atoms with Gasteiger partial charge in [0.05, 0.1) is 6.61 Å². The van der Waals surface area contributed by atoms with Crippen molar-refractivity contribution in [1.82, 2.24) is 16.0 Å². The van der Waals surface area contributed by atoms with Crippen molar-refractivity contribution in [2.75, 3.05) is 12.4 Å². The van der Waals surface area contributed by atoms with Gasteiger partial charge in [-0.05, 0) is 12.3 Å². The number of aliphatic hydroxyl groups excluding tert-OH is 1. The maximum absolute atomic E-state index is 12.7. The van der Waals surface area contributed by atoms with Crippen LogP contribution in [0.2, 0.25) is 0 Å². The second-order valence-corrected chi connectivity index (χ2v) is 7.17. The fourth-order valence-corrected chi connectivity index (χ4v) is 2.57. The molecule has 12 nitrogen and oxygen atoms in total. The van der Waals surface area contributed by atoms with Crippen LogP contribution >= 0.6 is 12.6 Å². The summed E-state index contributed by atoms with van der Waals surface area (Å²) in [5.74, 6) is -4.86. The number of rotatable bonds is 14. The fraction of sp³-hybridized carbons (Fsp3) is 0.706. The van der Waals surface area contributed by atoms with Crippen LogP contribution in [0.4, 0.5) is 0 Å². The third kappa shape index (κ3) is 9.41. The predicted octanol–water partition coefficient (Wildman–Crippen LogP) is -2.91. The predicted molar refractivity (Wildman–Crippen MR) is 110 cm³/mol. The van der Waals surface area contributed by atoms with Gasteiger partial charge in [-0.1, -0.05) is 20.3 Å². The first-order valence-electron chi connectivity index (χ1n) is 9.37. The van der Waals surface area contributed by atoms with Gasteiger partial charge in [-0.2, -0.15) is 12.6 Å². The summed E-state index contributed by atoms with van der Waals surface area (Å²) in [4.78, 5) is 59.5. The van der Waals surface area contributed by atoms with Crippen LogP contribution in [0.3, 0.4) is 0 Å². The van der Waals surface area contributed by atoms with E-state index in [1.165, 1.54) is 0 Å². The number of hydrogen-bond acceptors (Lipinski definition) is 8. The first kappa shape index (κ1) is 27.6. The molecule has 9 N–H and O–H groups in total. The molecule has 0 aromatic heterocycles. The lowest BCUT2D eigenvalue weighted by Crippen LogP contribution is -2.59. The summed E-state index contributed by atoms with van der Waals surface area (Å²) in [5, 5.41) is 25.2. The third-order valence-electron chi connectivity index (χ3n) is 4.44. The molecular weight excluding hydrogens is 418 g/mol. The number of thiol groups is 1. The molecule has 0 saturated heterocycles. The summed E-state index contributed by atoms with van der Waals surface area (Å²) >= 11 is 3.88. The van der Waals surface area contributed by atoms with E-state index in [2.05, 4.69) is 28.6 Å². The van der Waals surface area contributed by atoms with Gasteiger partial charge in [0, 0.05) is 12.2 Å². The third-order valence-corrected chi connectivity index (χ3v) is 4.80. The molecule has 0 rings (SSSR count). The molecule has 0 bridgehead atoms. The van der Waals surface area contributed by atoms with Gasteiger partial charge in [-0.25, -0.2) is 4.79 Å². The summed E-state index contributed by atoms with van der Waals surface area (Å²) in [6, 6.07) is -4.89. The number of aliphatic hydroxyl groups is 1. The van der Waals surface area contributed by atoms with Crippen molar-refractivity contribution < 1.29 is 34.2 Å². The van der Waals surface area contributed by atoms with Crippen molar-refractivity contribution in [2.24, 2.45) is 17.4 Å². The van der Waals surface area contributed by atoms with Gasteiger partial charge >= 0.3 is 5.97 Å². The molecule has 0 aliphatic rings. The second kappa shape index (κ2) is 13.8. The number of amides is 4. The average Bonchev–Trinajstić information content (AvgIpc) is 2.70. The fourth-order valence-electron chi connectivity index (χ4n) is 2.32. The molecule has 5 unspecified atom stereocenters. The van der Waals surface area contributed by atoms with E-state index >= 15 is 0 Å². The normalized spacial score (nSPS) is 15.8. The Labute approximate surface area is 179 Å². The van der Waals surface area contributed by atoms with Crippen molar-refractivity contribution in [3.05, 3.63) is 0 Å². The Kier molecular flexibility index (Phi) is 12.7. The lowest BCUT2D eigenvalue weighted by molar-refractivity contribution is -0.142. The van der Waals surface area contributed by atoms with Gasteiger partial charge in [0.1, 0.15) is 24.2 Å². The Morgan fingerprint density at radius 1 is 1.00 bits per heavy atom. The number of carbonyl (C=O) groups excluding carboxylic acids is 4. The average molecular weight is 450 g/mol. The SMILES string of the molecule is CCC(C)C(NC(=O)C(CCC(N)=O)NC(=O)C(N)CO)C(=O)NC(CS)C(=O)O. The molecular formula is C17H31N5O7S. The number of carbonyl (C=O) groups is 5. The molecule has 0 fully saturated rings. The van der Waals surface area contributed by atoms with Gasteiger partial charge in [0.25, 0.3) is 0 Å². The number of nitrogens with two attached hydrogens (primary N) is 2. The molecule has 5 atom stereocenters. The van der Waals surface area contributed by atoms with Crippen molar-refractivity contribution in [2.45, 2.75) is 57.3 Å². The highest BCUT2D eigenvalue weighted by Crippen LogP contribution is 2.10. The summed E-state index contributed by atoms with van der Waals surface area (Å²) in [7, 11) is 0. The lowest BCUT2D eigenvalue weighted by atomic mass is 9.97. The molecule has 0 radical (unpaired) electrons. The smallest absolute Gasteiger partial charge is 0.327 e. The van der Waals surface area contributed by atoms with E-state index < -0.39 is 60.4 Å². The molecule has 0 aliphatic heterocycles. The van der Waals surface area contributed by atoms with E-state index in [0.29, 0.717) is 6.42 Å². The zero-order chi connectivity index (χ0) is 23.4. The summed E-state index contributed by atoms with van der Waals surface area (Å²) in [6.07, 6.45) is 0.0899. The minimum absolute atomic E-state index is 0.154. The van der Waals surface area contributed by atoms with E-state index in [4.69, 9.17) is 21.7 Å². The first-order chi connectivity index (χ1) is 14.0. The van der Waals surface area contributed by atoms with Gasteiger partial charge in [-0.3, -0.25) is 19.2 Å². The maximum atomic E-state index is 12.7. The minimum atomic E-state index is -1.28. The number of aliphatic carboxylic acids is 1. The molecule has 13 heteroatoms. The highest BCUT2D eigenvalue weighted by atomic mass is 32.1. The van der Waals surface area contributed by atoms with Crippen molar-refractivity contribution in [3.63, 3.8) is 0 Å². The van der Waals surface area contributed by atoms with Crippen LogP contribution in [-0.4, -0.2) is 76.3 Å². The number of carboxylic acid groups (broad SMARTS) is 1. The largest absolute Gasteiger partial charge is 0.480 e. The van der Waals surface area contributed by atoms with Crippen molar-refractivity contribution in [3.8, 4) is 0 Å². The Morgan fingerprint density at radius 3 is 2.00 bits per heavy atom. The monoisotopic (exact) mass is 449 g/mol. The Balaban J connectivity index is 5.48. The van der Waals surface area contributed by atoms with Crippen LogP contribution in [0, 0.1) is 5.92 Å². The molecule has 0 aromatic rings. The van der Waals surface area contributed by atoms with Crippen LogP contribution in [-0.2, 0) is 24.0 Å². The highest BCUT2D eigenvalue weighted by Gasteiger charge is 2.32. The van der Waals surface area contributed by atoms with E-state index in [1.54, 1.807) is 13.8 Å². The molecule has 0 aliphatic carbocycles. The van der Waals surface area contributed by atoms with Crippen molar-refractivity contribution >= 4 is 42.2 Å². The molecule has 0 saturated carbocycles. The highest BCUT2D eigenvalue weighted by molar-refractivity contribution is 7.80. The Hall–Kier alpha value is -2.38. The number of hydrogen-bond donors (Lipinski definition) is 8. The minimum Gasteiger partial charge on any atom is -0.480 e. The molecule has 172 valence electrons. The molecule has 30 heavy (non-hydrogen) atoms. The van der Waals surface area contributed by atoms with Crippen LogP contribution < -0.4 is 27.4 Å². The number of nitrogens with one attached hydrogen (secondary N) is 3. The Morgan fingerprint density at radius 2 is 1.57 bits per heavy atom. The molecule has 0 heterocycles. The zero-order valence-electron chi connectivity index (χ0n) is 17.0. The quantitative estimate of drug-likeness (QED) is 0.128. The maximum Gasteiger partial charge on any atom is 0.327 e. The van der Waals surface area contributed by atoms with Gasteiger partial charge in [0.2, 0.25) is 23.6 Å². The molecule has 4 amide bonds. The van der Waals surface area contributed by atoms with E-state index in [-0.39, 0.29) is 24.5 Å². The second-order valence-electron chi connectivity index (χ2n) is 6.81. The molecule has 0 spiro atoms. The zero-order valence-corrected chi connectivity index (χ0v) is 17.9. The van der Waals surface area contributed by atoms with Gasteiger partial charge < -0.3 is 37.6 Å². The molecule has 0 aromatic carbocycles. The Bertz CT molecular complexity index is 634. The first-order valence-corrected chi connectivity index (χ1v) is 10.0.